The van der Waals surface area contributed by atoms with Gasteiger partial charge in [-0.3, -0.25) is 14.1 Å². The van der Waals surface area contributed by atoms with Gasteiger partial charge in [-0.2, -0.15) is 0 Å². The highest BCUT2D eigenvalue weighted by Gasteiger charge is 2.31. The summed E-state index contributed by atoms with van der Waals surface area (Å²) in [5.74, 6) is -1.43. The lowest BCUT2D eigenvalue weighted by Gasteiger charge is -2.21. The van der Waals surface area contributed by atoms with Gasteiger partial charge in [-0.15, -0.1) is 0 Å². The number of aliphatic carboxylic acids is 1. The third-order valence-corrected chi connectivity index (χ3v) is 4.96. The Kier molecular flexibility index (Phi) is 6.26. The van der Waals surface area contributed by atoms with Crippen LogP contribution in [0.5, 0.6) is 0 Å². The highest BCUT2D eigenvalue weighted by atomic mass is 31.2. The molecular formula is C17H20NO5P. The monoisotopic (exact) mass is 349 g/mol. The lowest BCUT2D eigenvalue weighted by atomic mass is 9.96. The number of carboxylic acids is 1. The molecule has 0 aliphatic heterocycles. The van der Waals surface area contributed by atoms with Crippen molar-refractivity contribution < 1.29 is 23.9 Å². The normalized spacial score (nSPS) is 16.1. The summed E-state index contributed by atoms with van der Waals surface area (Å²) in [5, 5.41) is 9.33. The van der Waals surface area contributed by atoms with Crippen molar-refractivity contribution in [1.82, 2.24) is 4.98 Å². The van der Waals surface area contributed by atoms with E-state index >= 15 is 0 Å². The molecule has 0 fully saturated rings. The van der Waals surface area contributed by atoms with E-state index in [4.69, 9.17) is 4.52 Å². The van der Waals surface area contributed by atoms with Crippen LogP contribution in [0.2, 0.25) is 0 Å². The van der Waals surface area contributed by atoms with Gasteiger partial charge in [0.05, 0.1) is 6.16 Å². The Morgan fingerprint density at radius 1 is 1.25 bits per heavy atom. The molecule has 0 radical (unpaired) electrons. The number of aromatic nitrogens is 1. The van der Waals surface area contributed by atoms with Crippen LogP contribution in [-0.4, -0.2) is 27.1 Å². The second kappa shape index (κ2) is 8.20. The van der Waals surface area contributed by atoms with Gasteiger partial charge in [-0.1, -0.05) is 43.3 Å². The standard InChI is InChI=1S/C17H20NO5P/c1-13(15-8-5-9-18-11-15)10-16(17(19)20)23-24(21,22)12-14-6-3-2-4-7-14/h2-9,11,13,16H,10,12H2,1H3,(H,19,20)(H,21,22). The highest BCUT2D eigenvalue weighted by molar-refractivity contribution is 7.52. The second-order valence-electron chi connectivity index (χ2n) is 5.64. The van der Waals surface area contributed by atoms with Crippen molar-refractivity contribution in [2.75, 3.05) is 0 Å². The zero-order chi connectivity index (χ0) is 17.6. The van der Waals surface area contributed by atoms with Crippen molar-refractivity contribution in [2.24, 2.45) is 0 Å². The van der Waals surface area contributed by atoms with Gasteiger partial charge in [-0.05, 0) is 29.5 Å². The summed E-state index contributed by atoms with van der Waals surface area (Å²) >= 11 is 0. The van der Waals surface area contributed by atoms with Gasteiger partial charge in [0.25, 0.3) is 0 Å². The van der Waals surface area contributed by atoms with Gasteiger partial charge in [-0.25, -0.2) is 4.79 Å². The van der Waals surface area contributed by atoms with Crippen LogP contribution in [0.1, 0.15) is 30.4 Å². The minimum absolute atomic E-state index is 0.0837. The zero-order valence-corrected chi connectivity index (χ0v) is 14.2. The van der Waals surface area contributed by atoms with Crippen molar-refractivity contribution in [3.63, 3.8) is 0 Å². The molecule has 0 spiro atoms. The first-order chi connectivity index (χ1) is 11.4. The van der Waals surface area contributed by atoms with Crippen LogP contribution < -0.4 is 0 Å². The van der Waals surface area contributed by atoms with E-state index in [0.29, 0.717) is 5.56 Å². The van der Waals surface area contributed by atoms with Gasteiger partial charge in [0, 0.05) is 12.4 Å². The van der Waals surface area contributed by atoms with Crippen molar-refractivity contribution in [3.8, 4) is 0 Å². The van der Waals surface area contributed by atoms with Crippen LogP contribution in [0.15, 0.2) is 54.9 Å². The number of benzene rings is 1. The molecule has 3 atom stereocenters. The fraction of sp³-hybridized carbons (Fsp3) is 0.294. The van der Waals surface area contributed by atoms with E-state index in [9.17, 15) is 19.4 Å². The smallest absolute Gasteiger partial charge is 0.333 e. The molecular weight excluding hydrogens is 329 g/mol. The van der Waals surface area contributed by atoms with Gasteiger partial charge >= 0.3 is 13.6 Å². The Balaban J connectivity index is 2.05. The lowest BCUT2D eigenvalue weighted by molar-refractivity contribution is -0.146. The Morgan fingerprint density at radius 2 is 1.96 bits per heavy atom. The molecule has 7 heteroatoms. The Labute approximate surface area is 140 Å². The molecule has 1 heterocycles. The summed E-state index contributed by atoms with van der Waals surface area (Å²) in [6.45, 7) is 1.83. The molecule has 1 aromatic heterocycles. The number of rotatable bonds is 8. The molecule has 24 heavy (non-hydrogen) atoms. The number of nitrogens with zero attached hydrogens (tertiary/aromatic N) is 1. The van der Waals surface area contributed by atoms with Gasteiger partial charge in [0.15, 0.2) is 6.10 Å². The van der Waals surface area contributed by atoms with Gasteiger partial charge < -0.3 is 10.00 Å². The van der Waals surface area contributed by atoms with Crippen molar-refractivity contribution in [2.45, 2.75) is 31.5 Å². The van der Waals surface area contributed by atoms with Crippen molar-refractivity contribution >= 4 is 13.6 Å². The number of hydrogen-bond acceptors (Lipinski definition) is 4. The van der Waals surface area contributed by atoms with E-state index < -0.39 is 19.7 Å². The second-order valence-corrected chi connectivity index (χ2v) is 7.44. The minimum Gasteiger partial charge on any atom is -0.479 e. The highest BCUT2D eigenvalue weighted by Crippen LogP contribution is 2.47. The van der Waals surface area contributed by atoms with E-state index in [-0.39, 0.29) is 18.5 Å². The molecule has 0 bridgehead atoms. The van der Waals surface area contributed by atoms with Crippen LogP contribution in [0.25, 0.3) is 0 Å². The van der Waals surface area contributed by atoms with E-state index in [0.717, 1.165) is 5.56 Å². The average molecular weight is 349 g/mol. The molecule has 6 nitrogen and oxygen atoms in total. The zero-order valence-electron chi connectivity index (χ0n) is 13.3. The molecule has 0 saturated heterocycles. The minimum atomic E-state index is -4.07. The first-order valence-electron chi connectivity index (χ1n) is 7.54. The molecule has 3 unspecified atom stereocenters. The number of pyridine rings is 1. The Bertz CT molecular complexity index is 707. The third kappa shape index (κ3) is 5.57. The van der Waals surface area contributed by atoms with E-state index in [1.807, 2.05) is 13.0 Å². The van der Waals surface area contributed by atoms with Gasteiger partial charge in [0.1, 0.15) is 0 Å². The van der Waals surface area contributed by atoms with E-state index in [1.165, 1.54) is 0 Å². The van der Waals surface area contributed by atoms with Gasteiger partial charge in [0.2, 0.25) is 0 Å². The van der Waals surface area contributed by atoms with Crippen LogP contribution in [-0.2, 0) is 20.0 Å². The van der Waals surface area contributed by atoms with Crippen molar-refractivity contribution in [1.29, 1.82) is 0 Å². The summed E-state index contributed by atoms with van der Waals surface area (Å²) in [6.07, 6.45) is 1.77. The molecule has 2 N–H and O–H groups in total. The maximum atomic E-state index is 12.3. The quantitative estimate of drug-likeness (QED) is 0.709. The van der Waals surface area contributed by atoms with Crippen LogP contribution in [0, 0.1) is 0 Å². The predicted octanol–water partition coefficient (Wildman–Crippen LogP) is 3.43. The maximum absolute atomic E-state index is 12.3. The largest absolute Gasteiger partial charge is 0.479 e. The first-order valence-corrected chi connectivity index (χ1v) is 9.30. The maximum Gasteiger partial charge on any atom is 0.333 e. The summed E-state index contributed by atoms with van der Waals surface area (Å²) in [4.78, 5) is 25.4. The summed E-state index contributed by atoms with van der Waals surface area (Å²) < 4.78 is 17.4. The summed E-state index contributed by atoms with van der Waals surface area (Å²) in [7, 11) is -4.07. The first kappa shape index (κ1) is 18.3. The molecule has 0 saturated carbocycles. The molecule has 0 aliphatic carbocycles. The number of hydrogen-bond donors (Lipinski definition) is 2. The third-order valence-electron chi connectivity index (χ3n) is 3.61. The molecule has 1 aromatic carbocycles. The summed E-state index contributed by atoms with van der Waals surface area (Å²) in [6, 6.07) is 12.3. The summed E-state index contributed by atoms with van der Waals surface area (Å²) in [5.41, 5.74) is 1.47. The number of carboxylic acid groups (broad SMARTS) is 1. The Morgan fingerprint density at radius 3 is 2.54 bits per heavy atom. The Hall–Kier alpha value is -2.01. The fourth-order valence-electron chi connectivity index (χ4n) is 2.36. The van der Waals surface area contributed by atoms with Crippen LogP contribution >= 0.6 is 7.60 Å². The SMILES string of the molecule is CC(CC(OP(=O)(O)Cc1ccccc1)C(=O)O)c1cccnc1. The molecule has 128 valence electrons. The van der Waals surface area contributed by atoms with Crippen molar-refractivity contribution in [3.05, 3.63) is 66.0 Å². The fourth-order valence-corrected chi connectivity index (χ4v) is 3.68. The molecule has 0 amide bonds. The molecule has 0 aliphatic rings. The van der Waals surface area contributed by atoms with Crippen LogP contribution in [0.3, 0.4) is 0 Å². The number of carbonyl (C=O) groups is 1. The van der Waals surface area contributed by atoms with E-state index in [1.54, 1.807) is 48.8 Å². The topological polar surface area (TPSA) is 96.7 Å². The predicted molar refractivity (Wildman–Crippen MR) is 89.7 cm³/mol. The lowest BCUT2D eigenvalue weighted by Crippen LogP contribution is -2.25. The van der Waals surface area contributed by atoms with E-state index in [2.05, 4.69) is 4.98 Å². The molecule has 2 rings (SSSR count). The van der Waals surface area contributed by atoms with Crippen LogP contribution in [0.4, 0.5) is 0 Å². The molecule has 2 aromatic rings. The average Bonchev–Trinajstić information content (AvgIpc) is 2.55.